The topological polar surface area (TPSA) is 76.1 Å². The molecule has 0 saturated heterocycles. The maximum absolute atomic E-state index is 12.5. The molecule has 0 spiro atoms. The summed E-state index contributed by atoms with van der Waals surface area (Å²) >= 11 is 0. The van der Waals surface area contributed by atoms with Gasteiger partial charge in [-0.05, 0) is 94.1 Å². The second-order valence-corrected chi connectivity index (χ2v) is 14.9. The van der Waals surface area contributed by atoms with Gasteiger partial charge in [0.05, 0.1) is 13.2 Å². The molecule has 0 aliphatic rings. The molecule has 0 bridgehead atoms. The van der Waals surface area contributed by atoms with Crippen molar-refractivity contribution in [1.29, 1.82) is 0 Å². The molecule has 0 atom stereocenters. The summed E-state index contributed by atoms with van der Waals surface area (Å²) in [6, 6.07) is 6.28. The van der Waals surface area contributed by atoms with Gasteiger partial charge in [0.15, 0.2) is 0 Å². The molecule has 0 aliphatic heterocycles. The number of aliphatic hydroxyl groups excluding tert-OH is 1. The van der Waals surface area contributed by atoms with Crippen molar-refractivity contribution in [2.75, 3.05) is 32.8 Å². The van der Waals surface area contributed by atoms with Gasteiger partial charge in [0.2, 0.25) is 0 Å². The van der Waals surface area contributed by atoms with Gasteiger partial charge in [0.25, 0.3) is 0 Å². The quantitative estimate of drug-likeness (QED) is 0.0425. The largest absolute Gasteiger partial charge is 0.466 e. The summed E-state index contributed by atoms with van der Waals surface area (Å²) in [6.45, 7) is 14.7. The van der Waals surface area contributed by atoms with Crippen LogP contribution in [0.4, 0.5) is 0 Å². The van der Waals surface area contributed by atoms with E-state index in [-0.39, 0.29) is 18.5 Å². The number of hydrogen-bond donors (Lipinski definition) is 1. The predicted octanol–water partition coefficient (Wildman–Crippen LogP) is 12.7. The number of benzene rings is 1. The smallest absolute Gasteiger partial charge is 0.311 e. The first kappa shape index (κ1) is 50.1. The van der Waals surface area contributed by atoms with Gasteiger partial charge in [-0.1, -0.05) is 150 Å². The average Bonchev–Trinajstić information content (AvgIpc) is 3.14. The van der Waals surface area contributed by atoms with Gasteiger partial charge < -0.3 is 19.5 Å². The number of hydrogen-bond acceptors (Lipinski definition) is 6. The Balaban J connectivity index is 0.00000397. The van der Waals surface area contributed by atoms with Gasteiger partial charge in [0, 0.05) is 19.4 Å². The van der Waals surface area contributed by atoms with E-state index in [0.717, 1.165) is 103 Å². The van der Waals surface area contributed by atoms with Gasteiger partial charge >= 0.3 is 11.9 Å². The predicted molar refractivity (Wildman–Crippen MR) is 222 cm³/mol. The Hall–Kier alpha value is -1.92. The molecule has 1 rings (SSSR count). The summed E-state index contributed by atoms with van der Waals surface area (Å²) in [5, 5.41) is 9.48. The first-order valence-corrected chi connectivity index (χ1v) is 22.3. The standard InChI is InChI=1S/C40H71NO5.C6H14/c1-4-7-17-24-36-28-29-38(35-37(36)25-18-8-5-2)46-40(44)27-20-13-10-11-15-21-30-41(32-33-42)31-22-16-12-14-19-26-39(43)45-34-23-9-6-3;1-3-5-6-4-2/h28-29,35,42H,4-27,30-34H2,1-3H3;3-6H2,1-2H3. The first-order chi connectivity index (χ1) is 25.4. The van der Waals surface area contributed by atoms with E-state index < -0.39 is 0 Å². The molecule has 0 aromatic heterocycles. The molecule has 0 heterocycles. The van der Waals surface area contributed by atoms with Crippen molar-refractivity contribution in [1.82, 2.24) is 4.90 Å². The fraction of sp³-hybridized carbons (Fsp3) is 0.826. The van der Waals surface area contributed by atoms with Crippen LogP contribution in [0.2, 0.25) is 0 Å². The summed E-state index contributed by atoms with van der Waals surface area (Å²) in [7, 11) is 0. The number of ether oxygens (including phenoxy) is 2. The summed E-state index contributed by atoms with van der Waals surface area (Å²) in [5.74, 6) is 0.546. The lowest BCUT2D eigenvalue weighted by atomic mass is 9.97. The van der Waals surface area contributed by atoms with E-state index in [9.17, 15) is 14.7 Å². The van der Waals surface area contributed by atoms with Crippen LogP contribution in [0.1, 0.15) is 213 Å². The van der Waals surface area contributed by atoms with Gasteiger partial charge in [-0.3, -0.25) is 9.59 Å². The van der Waals surface area contributed by atoms with E-state index in [0.29, 0.717) is 25.2 Å². The third kappa shape index (κ3) is 31.6. The third-order valence-electron chi connectivity index (χ3n) is 9.85. The monoisotopic (exact) mass is 732 g/mol. The molecular formula is C46H85NO5. The molecule has 0 aliphatic carbocycles. The first-order valence-electron chi connectivity index (χ1n) is 22.3. The minimum atomic E-state index is -0.113. The van der Waals surface area contributed by atoms with Crippen LogP contribution >= 0.6 is 0 Å². The van der Waals surface area contributed by atoms with Crippen LogP contribution in [0.25, 0.3) is 0 Å². The number of carbonyl (C=O) groups excluding carboxylic acids is 2. The second-order valence-electron chi connectivity index (χ2n) is 14.9. The maximum Gasteiger partial charge on any atom is 0.311 e. The second kappa shape index (κ2) is 38.8. The molecule has 0 fully saturated rings. The highest BCUT2D eigenvalue weighted by molar-refractivity contribution is 5.72. The van der Waals surface area contributed by atoms with Crippen molar-refractivity contribution in [3.63, 3.8) is 0 Å². The summed E-state index contributed by atoms with van der Waals surface area (Å²) in [6.07, 6.45) is 31.4. The molecule has 0 amide bonds. The summed E-state index contributed by atoms with van der Waals surface area (Å²) in [5.41, 5.74) is 2.78. The van der Waals surface area contributed by atoms with Crippen molar-refractivity contribution >= 4 is 11.9 Å². The Morgan fingerprint density at radius 3 is 1.52 bits per heavy atom. The van der Waals surface area contributed by atoms with Crippen molar-refractivity contribution in [3.8, 4) is 5.75 Å². The van der Waals surface area contributed by atoms with Crippen molar-refractivity contribution in [2.24, 2.45) is 0 Å². The molecule has 0 unspecified atom stereocenters. The lowest BCUT2D eigenvalue weighted by Crippen LogP contribution is -2.29. The molecule has 1 aromatic carbocycles. The van der Waals surface area contributed by atoms with E-state index in [1.807, 2.05) is 6.07 Å². The van der Waals surface area contributed by atoms with Crippen LogP contribution in [0.5, 0.6) is 5.75 Å². The number of rotatable bonds is 35. The summed E-state index contributed by atoms with van der Waals surface area (Å²) in [4.78, 5) is 26.7. The number of esters is 2. The SMILES string of the molecule is CCCCCC.CCCCCOC(=O)CCCCCCCN(CCO)CCCCCCCCC(=O)Oc1ccc(CCCCC)c(CCCCC)c1. The highest BCUT2D eigenvalue weighted by Crippen LogP contribution is 2.23. The number of carbonyl (C=O) groups is 2. The average molecular weight is 732 g/mol. The van der Waals surface area contributed by atoms with Crippen molar-refractivity contribution in [2.45, 2.75) is 214 Å². The van der Waals surface area contributed by atoms with E-state index >= 15 is 0 Å². The van der Waals surface area contributed by atoms with E-state index in [1.54, 1.807) is 0 Å². The lowest BCUT2D eigenvalue weighted by molar-refractivity contribution is -0.144. The van der Waals surface area contributed by atoms with Gasteiger partial charge in [-0.25, -0.2) is 0 Å². The molecule has 6 heteroatoms. The molecule has 1 N–H and O–H groups in total. The Labute approximate surface area is 322 Å². The molecule has 0 saturated carbocycles. The molecular weight excluding hydrogens is 647 g/mol. The zero-order valence-electron chi connectivity index (χ0n) is 35.1. The number of unbranched alkanes of at least 4 members (excludes halogenated alkanes) is 18. The zero-order valence-corrected chi connectivity index (χ0v) is 35.1. The Morgan fingerprint density at radius 2 is 0.981 bits per heavy atom. The van der Waals surface area contributed by atoms with Gasteiger partial charge in [-0.2, -0.15) is 0 Å². The maximum atomic E-state index is 12.5. The van der Waals surface area contributed by atoms with Crippen LogP contribution in [0.3, 0.4) is 0 Å². The Bertz CT molecular complexity index is 931. The summed E-state index contributed by atoms with van der Waals surface area (Å²) < 4.78 is 11.0. The number of aryl methyl sites for hydroxylation is 2. The van der Waals surface area contributed by atoms with Crippen LogP contribution in [-0.4, -0.2) is 54.8 Å². The third-order valence-corrected chi connectivity index (χ3v) is 9.85. The highest BCUT2D eigenvalue weighted by Gasteiger charge is 2.10. The van der Waals surface area contributed by atoms with Crippen molar-refractivity contribution < 1.29 is 24.2 Å². The zero-order chi connectivity index (χ0) is 38.3. The van der Waals surface area contributed by atoms with Crippen LogP contribution in [-0.2, 0) is 27.2 Å². The molecule has 1 aromatic rings. The van der Waals surface area contributed by atoms with Gasteiger partial charge in [-0.15, -0.1) is 0 Å². The number of aliphatic hydroxyl groups is 1. The molecule has 6 nitrogen and oxygen atoms in total. The van der Waals surface area contributed by atoms with Crippen LogP contribution < -0.4 is 4.74 Å². The molecule has 0 radical (unpaired) electrons. The lowest BCUT2D eigenvalue weighted by Gasteiger charge is -2.21. The normalized spacial score (nSPS) is 11.1. The Morgan fingerprint density at radius 1 is 0.519 bits per heavy atom. The van der Waals surface area contributed by atoms with Crippen LogP contribution in [0.15, 0.2) is 18.2 Å². The molecule has 304 valence electrons. The van der Waals surface area contributed by atoms with E-state index in [4.69, 9.17) is 9.47 Å². The minimum Gasteiger partial charge on any atom is -0.466 e. The fourth-order valence-electron chi connectivity index (χ4n) is 6.49. The van der Waals surface area contributed by atoms with Crippen LogP contribution in [0, 0.1) is 0 Å². The van der Waals surface area contributed by atoms with E-state index in [1.165, 1.54) is 94.6 Å². The van der Waals surface area contributed by atoms with Crippen molar-refractivity contribution in [3.05, 3.63) is 29.3 Å². The highest BCUT2D eigenvalue weighted by atomic mass is 16.5. The Kier molecular flexibility index (Phi) is 37.4. The molecule has 52 heavy (non-hydrogen) atoms. The number of nitrogens with zero attached hydrogens (tertiary/aromatic N) is 1. The minimum absolute atomic E-state index is 0.0476. The van der Waals surface area contributed by atoms with Gasteiger partial charge in [0.1, 0.15) is 5.75 Å². The van der Waals surface area contributed by atoms with E-state index in [2.05, 4.69) is 51.7 Å². The fourth-order valence-corrected chi connectivity index (χ4v) is 6.49.